The molecular weight excluding hydrogens is 544 g/mol. The molecule has 17 nitrogen and oxygen atoms in total. The zero-order valence-corrected chi connectivity index (χ0v) is 21.9. The van der Waals surface area contributed by atoms with Gasteiger partial charge in [0.25, 0.3) is 0 Å². The highest BCUT2D eigenvalue weighted by Gasteiger charge is 2.53. The lowest BCUT2D eigenvalue weighted by Gasteiger charge is -2.49. The number of carbonyl (C=O) groups excluding carboxylic acids is 2. The second kappa shape index (κ2) is 14.1. The first-order valence-electron chi connectivity index (χ1n) is 12.7. The van der Waals surface area contributed by atoms with E-state index in [-0.39, 0.29) is 0 Å². The van der Waals surface area contributed by atoms with E-state index >= 15 is 0 Å². The van der Waals surface area contributed by atoms with E-state index in [0.29, 0.717) is 0 Å². The summed E-state index contributed by atoms with van der Waals surface area (Å²) in [6.07, 6.45) is -19.6. The molecule has 0 aromatic carbocycles. The van der Waals surface area contributed by atoms with Crippen LogP contribution in [-0.2, 0) is 33.3 Å². The molecule has 3 aliphatic rings. The van der Waals surface area contributed by atoms with Gasteiger partial charge in [-0.15, -0.1) is 0 Å². The first kappa shape index (κ1) is 32.9. The third kappa shape index (κ3) is 7.06. The number of nitrogens with one attached hydrogen (secondary N) is 2. The normalized spacial score (nSPS) is 46.0. The summed E-state index contributed by atoms with van der Waals surface area (Å²) in [5.74, 6) is -1.15. The van der Waals surface area contributed by atoms with Crippen LogP contribution >= 0.6 is 0 Å². The van der Waals surface area contributed by atoms with Gasteiger partial charge in [-0.25, -0.2) is 0 Å². The number of rotatable bonds is 9. The Hall–Kier alpha value is -1.58. The van der Waals surface area contributed by atoms with Crippen molar-refractivity contribution in [2.75, 3.05) is 19.8 Å². The van der Waals surface area contributed by atoms with Crippen molar-refractivity contribution < 1.29 is 74.1 Å². The van der Waals surface area contributed by atoms with E-state index in [4.69, 9.17) is 23.7 Å². The summed E-state index contributed by atoms with van der Waals surface area (Å²) in [4.78, 5) is 23.6. The highest BCUT2D eigenvalue weighted by Crippen LogP contribution is 2.32. The Morgan fingerprint density at radius 1 is 0.650 bits per heavy atom. The summed E-state index contributed by atoms with van der Waals surface area (Å²) in [5, 5.41) is 86.8. The van der Waals surface area contributed by atoms with Crippen molar-refractivity contribution in [1.29, 1.82) is 0 Å². The summed E-state index contributed by atoms with van der Waals surface area (Å²) < 4.78 is 28.2. The third-order valence-corrected chi connectivity index (χ3v) is 7.02. The van der Waals surface area contributed by atoms with Crippen LogP contribution < -0.4 is 10.6 Å². The summed E-state index contributed by atoms with van der Waals surface area (Å²) in [6.45, 7) is 3.88. The Morgan fingerprint density at radius 2 is 1.10 bits per heavy atom. The van der Waals surface area contributed by atoms with Crippen LogP contribution in [0.5, 0.6) is 0 Å². The van der Waals surface area contributed by atoms with Crippen LogP contribution in [0.2, 0.25) is 0 Å². The van der Waals surface area contributed by atoms with E-state index in [2.05, 4.69) is 17.6 Å². The second-order valence-corrected chi connectivity index (χ2v) is 9.95. The summed E-state index contributed by atoms with van der Waals surface area (Å²) in [5.41, 5.74) is 0. The molecule has 15 atom stereocenters. The molecule has 0 bridgehead atoms. The van der Waals surface area contributed by atoms with Gasteiger partial charge in [-0.2, -0.15) is 0 Å². The lowest BCUT2D eigenvalue weighted by molar-refractivity contribution is -0.357. The van der Waals surface area contributed by atoms with Crippen molar-refractivity contribution in [3.63, 3.8) is 0 Å². The molecule has 0 aliphatic carbocycles. The van der Waals surface area contributed by atoms with Crippen LogP contribution in [0.1, 0.15) is 13.8 Å². The minimum Gasteiger partial charge on any atom is -0.394 e. The predicted molar refractivity (Wildman–Crippen MR) is 128 cm³/mol. The molecule has 3 saturated heterocycles. The van der Waals surface area contributed by atoms with Gasteiger partial charge in [-0.3, -0.25) is 9.59 Å². The molecule has 0 aromatic rings. The van der Waals surface area contributed by atoms with Crippen LogP contribution in [0.25, 0.3) is 0 Å². The van der Waals surface area contributed by atoms with Crippen molar-refractivity contribution >= 4 is 11.8 Å². The topological polar surface area (TPSA) is 266 Å². The SMILES string of the molecule is [CH2][C@@H]1OC(CO)[C@@H](O[C@@H]2OC(CO)[C@@H](O[C@@H]3OC(CO)[C@@H](O)[C@H](O)C3O)[C@H](O)C2NC(C)=O)[C@H](O)C1NC(C)=O. The largest absolute Gasteiger partial charge is 0.394 e. The van der Waals surface area contributed by atoms with E-state index in [1.165, 1.54) is 6.92 Å². The zero-order valence-electron chi connectivity index (χ0n) is 21.9. The quantitative estimate of drug-likeness (QED) is 0.121. The van der Waals surface area contributed by atoms with Crippen molar-refractivity contribution in [3.05, 3.63) is 6.92 Å². The molecule has 40 heavy (non-hydrogen) atoms. The smallest absolute Gasteiger partial charge is 0.217 e. The number of ether oxygens (including phenoxy) is 5. The number of carbonyl (C=O) groups is 2. The maximum atomic E-state index is 12.0. The molecule has 6 unspecified atom stereocenters. The van der Waals surface area contributed by atoms with Crippen molar-refractivity contribution in [3.8, 4) is 0 Å². The van der Waals surface area contributed by atoms with Gasteiger partial charge in [0.1, 0.15) is 67.1 Å². The lowest BCUT2D eigenvalue weighted by atomic mass is 9.92. The van der Waals surface area contributed by atoms with E-state index < -0.39 is 123 Å². The molecule has 3 rings (SSSR count). The van der Waals surface area contributed by atoms with Gasteiger partial charge in [-0.05, 0) is 6.92 Å². The molecule has 1 radical (unpaired) electrons. The van der Waals surface area contributed by atoms with E-state index in [9.17, 15) is 50.4 Å². The molecule has 3 aliphatic heterocycles. The van der Waals surface area contributed by atoms with Gasteiger partial charge in [0.15, 0.2) is 12.6 Å². The Morgan fingerprint density at radius 3 is 1.62 bits per heavy atom. The van der Waals surface area contributed by atoms with Crippen molar-refractivity contribution in [1.82, 2.24) is 10.6 Å². The van der Waals surface area contributed by atoms with Gasteiger partial charge >= 0.3 is 0 Å². The summed E-state index contributed by atoms with van der Waals surface area (Å²) in [6, 6.07) is -2.49. The highest BCUT2D eigenvalue weighted by molar-refractivity contribution is 5.73. The molecule has 17 heteroatoms. The minimum absolute atomic E-state index is 0.503. The third-order valence-electron chi connectivity index (χ3n) is 7.02. The standard InChI is InChI=1S/C23H39N2O15/c1-7-13(24-8(2)29)16(32)20(11(5-27)36-7)39-22-14(25-9(3)30)17(33)21(12(6-28)38-22)40-23-19(35)18(34)15(31)10(4-26)37-23/h7,10-23,26-28,31-35H,1,4-6H2,2-3H3,(H,24,29)(H,25,30)/t7-,10?,11?,12?,13?,14?,15+,16+,17+,18-,19?,20+,21+,22-,23-/m0/s1. The maximum Gasteiger partial charge on any atom is 0.217 e. The Balaban J connectivity index is 1.85. The maximum absolute atomic E-state index is 12.0. The number of aliphatic hydroxyl groups excluding tert-OH is 8. The number of hydrogen-bond donors (Lipinski definition) is 10. The molecular formula is C23H39N2O15. The molecule has 0 saturated carbocycles. The van der Waals surface area contributed by atoms with Crippen molar-refractivity contribution in [2.24, 2.45) is 0 Å². The number of amides is 2. The molecule has 0 aromatic heterocycles. The zero-order chi connectivity index (χ0) is 29.9. The molecule has 231 valence electrons. The fraction of sp³-hybridized carbons (Fsp3) is 0.870. The van der Waals surface area contributed by atoms with Crippen LogP contribution in [0.4, 0.5) is 0 Å². The first-order valence-corrected chi connectivity index (χ1v) is 12.7. The summed E-state index contributed by atoms with van der Waals surface area (Å²) >= 11 is 0. The Kier molecular flexibility index (Phi) is 11.6. The minimum atomic E-state index is -1.83. The van der Waals surface area contributed by atoms with Gasteiger partial charge in [0.2, 0.25) is 11.8 Å². The average molecular weight is 584 g/mol. The molecule has 0 spiro atoms. The van der Waals surface area contributed by atoms with Gasteiger partial charge in [-0.1, -0.05) is 0 Å². The Labute approximate surface area is 229 Å². The monoisotopic (exact) mass is 583 g/mol. The fourth-order valence-corrected chi connectivity index (χ4v) is 4.99. The first-order chi connectivity index (χ1) is 18.8. The van der Waals surface area contributed by atoms with Crippen LogP contribution in [-0.4, -0.2) is 164 Å². The molecule has 10 N–H and O–H groups in total. The van der Waals surface area contributed by atoms with Crippen molar-refractivity contribution in [2.45, 2.75) is 106 Å². The molecule has 3 fully saturated rings. The lowest BCUT2D eigenvalue weighted by Crippen LogP contribution is -2.70. The fourth-order valence-electron chi connectivity index (χ4n) is 4.99. The molecule has 3 heterocycles. The highest BCUT2D eigenvalue weighted by atomic mass is 16.7. The summed E-state index contributed by atoms with van der Waals surface area (Å²) in [7, 11) is 0. The van der Waals surface area contributed by atoms with Gasteiger partial charge in [0, 0.05) is 13.8 Å². The van der Waals surface area contributed by atoms with Crippen LogP contribution in [0.3, 0.4) is 0 Å². The van der Waals surface area contributed by atoms with E-state index in [1.54, 1.807) is 0 Å². The van der Waals surface area contributed by atoms with E-state index in [1.807, 2.05) is 0 Å². The second-order valence-electron chi connectivity index (χ2n) is 9.95. The van der Waals surface area contributed by atoms with E-state index in [0.717, 1.165) is 6.92 Å². The molecule has 2 amide bonds. The van der Waals surface area contributed by atoms with Gasteiger partial charge < -0.3 is 75.2 Å². The van der Waals surface area contributed by atoms with Gasteiger partial charge in [0.05, 0.1) is 32.0 Å². The number of hydrogen-bond acceptors (Lipinski definition) is 15. The Bertz CT molecular complexity index is 851. The van der Waals surface area contributed by atoms with Crippen LogP contribution in [0.15, 0.2) is 0 Å². The van der Waals surface area contributed by atoms with Crippen LogP contribution in [0, 0.1) is 6.92 Å². The predicted octanol–water partition coefficient (Wildman–Crippen LogP) is -6.40. The average Bonchev–Trinajstić information content (AvgIpc) is 2.90. The number of aliphatic hydroxyl groups is 8.